The summed E-state index contributed by atoms with van der Waals surface area (Å²) in [6, 6.07) is 7.68. The largest absolute Gasteiger partial charge is 0.490 e. The van der Waals surface area contributed by atoms with E-state index in [2.05, 4.69) is 15.0 Å². The van der Waals surface area contributed by atoms with E-state index in [4.69, 9.17) is 9.90 Å². The number of aromatic nitrogens is 4. The first-order valence-corrected chi connectivity index (χ1v) is 9.62. The number of nitrogens with zero attached hydrogens (tertiary/aromatic N) is 5. The third-order valence-corrected chi connectivity index (χ3v) is 4.93. The van der Waals surface area contributed by atoms with Crippen molar-refractivity contribution < 1.29 is 27.9 Å². The summed E-state index contributed by atoms with van der Waals surface area (Å²) >= 11 is 0. The van der Waals surface area contributed by atoms with E-state index in [0.29, 0.717) is 18.8 Å². The Bertz CT molecular complexity index is 1100. The van der Waals surface area contributed by atoms with Crippen LogP contribution in [0.2, 0.25) is 0 Å². The van der Waals surface area contributed by atoms with Gasteiger partial charge in [-0.15, -0.1) is 0 Å². The number of pyridine rings is 1. The topological polar surface area (TPSA) is 101 Å². The Kier molecular flexibility index (Phi) is 6.86. The van der Waals surface area contributed by atoms with Crippen molar-refractivity contribution in [2.75, 3.05) is 13.1 Å². The van der Waals surface area contributed by atoms with Crippen LogP contribution >= 0.6 is 0 Å². The van der Waals surface area contributed by atoms with Crippen LogP contribution in [0.15, 0.2) is 49.2 Å². The number of aliphatic carboxylic acids is 1. The average molecular weight is 447 g/mol. The molecular formula is C21H20F3N5O3. The molecule has 11 heteroatoms. The van der Waals surface area contributed by atoms with E-state index in [0.717, 1.165) is 35.4 Å². The Balaban J connectivity index is 0.000000360. The molecule has 0 bridgehead atoms. The van der Waals surface area contributed by atoms with E-state index < -0.39 is 12.1 Å². The zero-order chi connectivity index (χ0) is 23.3. The second-order valence-electron chi connectivity index (χ2n) is 6.98. The molecule has 0 unspecified atom stereocenters. The normalized spacial score (nSPS) is 13.4. The number of carboxylic acids is 1. The van der Waals surface area contributed by atoms with Crippen molar-refractivity contribution in [1.29, 1.82) is 0 Å². The van der Waals surface area contributed by atoms with Gasteiger partial charge in [0.1, 0.15) is 12.0 Å². The second kappa shape index (κ2) is 9.58. The Morgan fingerprint density at radius 1 is 1.06 bits per heavy atom. The quantitative estimate of drug-likeness (QED) is 0.648. The predicted molar refractivity (Wildman–Crippen MR) is 108 cm³/mol. The third-order valence-electron chi connectivity index (χ3n) is 4.93. The van der Waals surface area contributed by atoms with Crippen LogP contribution in [0.3, 0.4) is 0 Å². The average Bonchev–Trinajstić information content (AvgIpc) is 3.07. The molecule has 1 N–H and O–H groups in total. The molecule has 1 amide bonds. The Morgan fingerprint density at radius 3 is 2.31 bits per heavy atom. The molecule has 0 atom stereocenters. The lowest BCUT2D eigenvalue weighted by molar-refractivity contribution is -0.192. The zero-order valence-electron chi connectivity index (χ0n) is 17.1. The van der Waals surface area contributed by atoms with Gasteiger partial charge in [-0.05, 0) is 30.7 Å². The molecular weight excluding hydrogens is 427 g/mol. The SMILES string of the molecule is Cn1cccc1C(=O)N1CCc2ncnc(-c3ccncc3)c2CC1.O=C(O)C(F)(F)F. The van der Waals surface area contributed by atoms with Gasteiger partial charge < -0.3 is 14.6 Å². The molecule has 0 aromatic carbocycles. The molecule has 0 spiro atoms. The number of carbonyl (C=O) groups is 2. The maximum absolute atomic E-state index is 12.8. The lowest BCUT2D eigenvalue weighted by Gasteiger charge is -2.20. The number of alkyl halides is 3. The van der Waals surface area contributed by atoms with Gasteiger partial charge in [0.15, 0.2) is 0 Å². The summed E-state index contributed by atoms with van der Waals surface area (Å²) in [5.74, 6) is -2.69. The van der Waals surface area contributed by atoms with E-state index in [1.165, 1.54) is 0 Å². The van der Waals surface area contributed by atoms with Gasteiger partial charge in [-0.2, -0.15) is 13.2 Å². The third kappa shape index (κ3) is 5.29. The molecule has 1 aliphatic heterocycles. The molecule has 168 valence electrons. The van der Waals surface area contributed by atoms with E-state index in [9.17, 15) is 18.0 Å². The Labute approximate surface area is 181 Å². The van der Waals surface area contributed by atoms with Gasteiger partial charge in [0.2, 0.25) is 0 Å². The first-order valence-electron chi connectivity index (χ1n) is 9.62. The number of carbonyl (C=O) groups excluding carboxylic acids is 1. The van der Waals surface area contributed by atoms with Crippen LogP contribution < -0.4 is 0 Å². The van der Waals surface area contributed by atoms with Crippen LogP contribution in [0.25, 0.3) is 11.3 Å². The summed E-state index contributed by atoms with van der Waals surface area (Å²) in [6.45, 7) is 1.34. The monoisotopic (exact) mass is 447 g/mol. The lowest BCUT2D eigenvalue weighted by atomic mass is 10.0. The molecule has 32 heavy (non-hydrogen) atoms. The van der Waals surface area contributed by atoms with Crippen molar-refractivity contribution in [3.63, 3.8) is 0 Å². The van der Waals surface area contributed by atoms with Gasteiger partial charge in [-0.25, -0.2) is 14.8 Å². The number of fused-ring (bicyclic) bond motifs is 1. The number of rotatable bonds is 2. The summed E-state index contributed by atoms with van der Waals surface area (Å²) in [6.07, 6.45) is 3.46. The number of hydrogen-bond acceptors (Lipinski definition) is 5. The van der Waals surface area contributed by atoms with Gasteiger partial charge in [0, 0.05) is 62.0 Å². The highest BCUT2D eigenvalue weighted by atomic mass is 19.4. The minimum absolute atomic E-state index is 0.0683. The van der Waals surface area contributed by atoms with Crippen LogP contribution in [-0.4, -0.2) is 60.7 Å². The first kappa shape index (κ1) is 22.9. The van der Waals surface area contributed by atoms with Gasteiger partial charge in [0.05, 0.1) is 5.69 Å². The Morgan fingerprint density at radius 2 is 1.72 bits per heavy atom. The minimum atomic E-state index is -5.08. The van der Waals surface area contributed by atoms with Crippen molar-refractivity contribution >= 4 is 11.9 Å². The number of halogens is 3. The van der Waals surface area contributed by atoms with Gasteiger partial charge in [-0.1, -0.05) is 0 Å². The van der Waals surface area contributed by atoms with Crippen molar-refractivity contribution in [3.8, 4) is 11.3 Å². The maximum atomic E-state index is 12.8. The summed E-state index contributed by atoms with van der Waals surface area (Å²) in [4.78, 5) is 36.6. The summed E-state index contributed by atoms with van der Waals surface area (Å²) < 4.78 is 33.6. The smallest absolute Gasteiger partial charge is 0.475 e. The van der Waals surface area contributed by atoms with Crippen LogP contribution in [0.1, 0.15) is 21.7 Å². The van der Waals surface area contributed by atoms with Crippen LogP contribution in [0.4, 0.5) is 13.2 Å². The minimum Gasteiger partial charge on any atom is -0.475 e. The van der Waals surface area contributed by atoms with Crippen LogP contribution in [0, 0.1) is 0 Å². The Hall–Kier alpha value is -3.76. The van der Waals surface area contributed by atoms with Crippen LogP contribution in [-0.2, 0) is 24.7 Å². The molecule has 1 aliphatic rings. The van der Waals surface area contributed by atoms with Crippen molar-refractivity contribution in [2.45, 2.75) is 19.0 Å². The standard InChI is InChI=1S/C19H19N5O.C2HF3O2/c1-23-10-2-3-17(23)19(25)24-11-6-15-16(7-12-24)21-13-22-18(15)14-4-8-20-9-5-14;3-2(4,5)1(6)7/h2-5,8-10,13H,6-7,11-12H2,1H3;(H,6,7). The number of amides is 1. The fourth-order valence-corrected chi connectivity index (χ4v) is 3.33. The van der Waals surface area contributed by atoms with E-state index in [1.54, 1.807) is 18.7 Å². The molecule has 0 saturated heterocycles. The molecule has 3 aromatic heterocycles. The van der Waals surface area contributed by atoms with E-state index in [1.807, 2.05) is 47.0 Å². The molecule has 0 fully saturated rings. The molecule has 4 heterocycles. The van der Waals surface area contributed by atoms with E-state index >= 15 is 0 Å². The summed E-state index contributed by atoms with van der Waals surface area (Å²) in [5.41, 5.74) is 4.86. The van der Waals surface area contributed by atoms with Crippen LogP contribution in [0.5, 0.6) is 0 Å². The fourth-order valence-electron chi connectivity index (χ4n) is 3.33. The lowest BCUT2D eigenvalue weighted by Crippen LogP contribution is -2.34. The summed E-state index contributed by atoms with van der Waals surface area (Å²) in [7, 11) is 1.90. The number of aryl methyl sites for hydroxylation is 1. The predicted octanol–water partition coefficient (Wildman–Crippen LogP) is 2.75. The van der Waals surface area contributed by atoms with Gasteiger partial charge in [-0.3, -0.25) is 9.78 Å². The van der Waals surface area contributed by atoms with Gasteiger partial charge >= 0.3 is 12.1 Å². The molecule has 8 nitrogen and oxygen atoms in total. The molecule has 4 rings (SSSR count). The molecule has 0 aliphatic carbocycles. The van der Waals surface area contributed by atoms with Crippen molar-refractivity contribution in [2.24, 2.45) is 7.05 Å². The zero-order valence-corrected chi connectivity index (χ0v) is 17.1. The van der Waals surface area contributed by atoms with Crippen molar-refractivity contribution in [1.82, 2.24) is 24.4 Å². The number of carboxylic acid groups (broad SMARTS) is 1. The van der Waals surface area contributed by atoms with Crippen molar-refractivity contribution in [3.05, 3.63) is 66.1 Å². The molecule has 0 saturated carbocycles. The fraction of sp³-hybridized carbons (Fsp3) is 0.286. The first-order chi connectivity index (χ1) is 15.2. The molecule has 3 aromatic rings. The maximum Gasteiger partial charge on any atom is 0.490 e. The molecule has 0 radical (unpaired) electrons. The summed E-state index contributed by atoms with van der Waals surface area (Å²) in [5, 5.41) is 7.12. The highest BCUT2D eigenvalue weighted by molar-refractivity contribution is 5.92. The second-order valence-corrected chi connectivity index (χ2v) is 6.98. The highest BCUT2D eigenvalue weighted by Gasteiger charge is 2.38. The number of hydrogen-bond donors (Lipinski definition) is 1. The van der Waals surface area contributed by atoms with Gasteiger partial charge in [0.25, 0.3) is 5.91 Å². The highest BCUT2D eigenvalue weighted by Crippen LogP contribution is 2.25. The van der Waals surface area contributed by atoms with E-state index in [-0.39, 0.29) is 5.91 Å².